The molecule has 1 aliphatic heterocycles. The number of fused-ring (bicyclic) bond motifs is 1. The van der Waals surface area contributed by atoms with Crippen LogP contribution in [0.3, 0.4) is 0 Å². The van der Waals surface area contributed by atoms with E-state index in [1.807, 2.05) is 24.3 Å². The number of hydrazine groups is 3. The number of anilines is 1. The summed E-state index contributed by atoms with van der Waals surface area (Å²) in [4.78, 5) is 0. The minimum atomic E-state index is 0.608. The Kier molecular flexibility index (Phi) is 2.21. The third kappa shape index (κ3) is 1.42. The van der Waals surface area contributed by atoms with E-state index in [1.165, 1.54) is 5.39 Å². The van der Waals surface area contributed by atoms with Crippen molar-refractivity contribution >= 4 is 33.8 Å². The maximum atomic E-state index is 5.18. The second-order valence-electron chi connectivity index (χ2n) is 3.50. The van der Waals surface area contributed by atoms with Crippen molar-refractivity contribution < 1.29 is 0 Å². The van der Waals surface area contributed by atoms with Gasteiger partial charge in [0.2, 0.25) is 5.11 Å². The lowest BCUT2D eigenvalue weighted by Gasteiger charge is -2.17. The number of nitrogens with zero attached hydrogens (tertiary/aromatic N) is 1. The van der Waals surface area contributed by atoms with E-state index in [1.54, 1.807) is 5.01 Å². The quantitative estimate of drug-likeness (QED) is 0.647. The highest BCUT2D eigenvalue weighted by Crippen LogP contribution is 2.25. The number of benzene rings is 2. The summed E-state index contributed by atoms with van der Waals surface area (Å²) in [5.41, 5.74) is 9.57. The van der Waals surface area contributed by atoms with Crippen LogP contribution in [0.5, 0.6) is 0 Å². The van der Waals surface area contributed by atoms with Crippen molar-refractivity contribution in [1.29, 1.82) is 0 Å². The summed E-state index contributed by atoms with van der Waals surface area (Å²) in [7, 11) is 0. The standard InChI is InChI=1S/C11H10N4S/c16-11-12-13-14-15(11)10-7-3-5-8-4-1-2-6-9(8)10/h1-7,13-14H,(H,12,16). The van der Waals surface area contributed by atoms with Crippen molar-refractivity contribution in [3.8, 4) is 0 Å². The summed E-state index contributed by atoms with van der Waals surface area (Å²) in [6.07, 6.45) is 0. The van der Waals surface area contributed by atoms with E-state index >= 15 is 0 Å². The molecule has 2 aromatic rings. The van der Waals surface area contributed by atoms with Gasteiger partial charge in [0.25, 0.3) is 0 Å². The molecule has 1 saturated heterocycles. The fourth-order valence-corrected chi connectivity index (χ4v) is 2.01. The van der Waals surface area contributed by atoms with Gasteiger partial charge in [-0.15, -0.1) is 5.53 Å². The maximum absolute atomic E-state index is 5.18. The first-order valence-corrected chi connectivity index (χ1v) is 5.35. The lowest BCUT2D eigenvalue weighted by Crippen LogP contribution is -2.37. The van der Waals surface area contributed by atoms with Gasteiger partial charge in [-0.2, -0.15) is 5.53 Å². The number of nitrogens with one attached hydrogen (secondary N) is 3. The van der Waals surface area contributed by atoms with Gasteiger partial charge in [0, 0.05) is 5.39 Å². The monoisotopic (exact) mass is 230 g/mol. The third-order valence-corrected chi connectivity index (χ3v) is 2.83. The lowest BCUT2D eigenvalue weighted by atomic mass is 10.1. The van der Waals surface area contributed by atoms with Gasteiger partial charge >= 0.3 is 0 Å². The van der Waals surface area contributed by atoms with Crippen LogP contribution in [0.15, 0.2) is 42.5 Å². The summed E-state index contributed by atoms with van der Waals surface area (Å²) in [6.45, 7) is 0. The predicted molar refractivity (Wildman–Crippen MR) is 68.4 cm³/mol. The zero-order chi connectivity index (χ0) is 11.0. The van der Waals surface area contributed by atoms with Gasteiger partial charge in [-0.3, -0.25) is 5.43 Å². The minimum absolute atomic E-state index is 0.608. The molecule has 5 heteroatoms. The minimum Gasteiger partial charge on any atom is -0.282 e. The highest BCUT2D eigenvalue weighted by Gasteiger charge is 2.18. The van der Waals surface area contributed by atoms with Crippen molar-refractivity contribution in [1.82, 2.24) is 16.5 Å². The molecule has 1 heterocycles. The summed E-state index contributed by atoms with van der Waals surface area (Å²) in [5.74, 6) is 0. The summed E-state index contributed by atoms with van der Waals surface area (Å²) in [5, 5.41) is 4.76. The Hall–Kier alpha value is -1.69. The van der Waals surface area contributed by atoms with Crippen molar-refractivity contribution in [2.45, 2.75) is 0 Å². The van der Waals surface area contributed by atoms with E-state index in [9.17, 15) is 0 Å². The van der Waals surface area contributed by atoms with E-state index in [4.69, 9.17) is 12.2 Å². The molecular formula is C11H10N4S. The highest BCUT2D eigenvalue weighted by molar-refractivity contribution is 7.80. The molecule has 0 unspecified atom stereocenters. The van der Waals surface area contributed by atoms with E-state index in [0.717, 1.165) is 11.1 Å². The molecule has 2 aromatic carbocycles. The van der Waals surface area contributed by atoms with E-state index in [2.05, 4.69) is 34.7 Å². The largest absolute Gasteiger partial charge is 0.282 e. The highest BCUT2D eigenvalue weighted by atomic mass is 32.1. The predicted octanol–water partition coefficient (Wildman–Crippen LogP) is 1.46. The van der Waals surface area contributed by atoms with Gasteiger partial charge in [-0.05, 0) is 23.7 Å². The van der Waals surface area contributed by atoms with Gasteiger partial charge in [0.15, 0.2) is 0 Å². The van der Waals surface area contributed by atoms with Crippen LogP contribution in [0, 0.1) is 0 Å². The van der Waals surface area contributed by atoms with E-state index < -0.39 is 0 Å². The summed E-state index contributed by atoms with van der Waals surface area (Å²) in [6, 6.07) is 14.3. The Labute approximate surface area is 98.2 Å². The number of hydrogen-bond acceptors (Lipinski definition) is 3. The van der Waals surface area contributed by atoms with Gasteiger partial charge < -0.3 is 0 Å². The lowest BCUT2D eigenvalue weighted by molar-refractivity contribution is 0.590. The second kappa shape index (κ2) is 3.71. The first-order valence-electron chi connectivity index (χ1n) is 4.95. The third-order valence-electron chi connectivity index (χ3n) is 2.55. The van der Waals surface area contributed by atoms with Gasteiger partial charge in [-0.1, -0.05) is 36.4 Å². The normalized spacial score (nSPS) is 15.5. The molecule has 0 saturated carbocycles. The molecule has 0 radical (unpaired) electrons. The molecule has 0 aromatic heterocycles. The Morgan fingerprint density at radius 2 is 1.81 bits per heavy atom. The van der Waals surface area contributed by atoms with Gasteiger partial charge in [-0.25, -0.2) is 5.01 Å². The van der Waals surface area contributed by atoms with E-state index in [0.29, 0.717) is 5.11 Å². The molecule has 0 aliphatic carbocycles. The molecular weight excluding hydrogens is 220 g/mol. The van der Waals surface area contributed by atoms with Crippen molar-refractivity contribution in [3.05, 3.63) is 42.5 Å². The molecule has 80 valence electrons. The van der Waals surface area contributed by atoms with Crippen LogP contribution < -0.4 is 21.5 Å². The molecule has 4 nitrogen and oxygen atoms in total. The molecule has 16 heavy (non-hydrogen) atoms. The second-order valence-corrected chi connectivity index (χ2v) is 3.89. The summed E-state index contributed by atoms with van der Waals surface area (Å²) < 4.78 is 0. The number of hydrogen-bond donors (Lipinski definition) is 3. The van der Waals surface area contributed by atoms with Crippen LogP contribution in [0.4, 0.5) is 5.69 Å². The van der Waals surface area contributed by atoms with E-state index in [-0.39, 0.29) is 0 Å². The molecule has 3 N–H and O–H groups in total. The van der Waals surface area contributed by atoms with Crippen LogP contribution >= 0.6 is 12.2 Å². The Balaban J connectivity index is 2.19. The zero-order valence-corrected chi connectivity index (χ0v) is 9.21. The number of thiocarbonyl (C=S) groups is 1. The molecule has 3 rings (SSSR count). The van der Waals surface area contributed by atoms with Crippen LogP contribution in [0.25, 0.3) is 10.8 Å². The zero-order valence-electron chi connectivity index (χ0n) is 8.40. The fourth-order valence-electron chi connectivity index (χ4n) is 1.82. The molecule has 0 spiro atoms. The van der Waals surface area contributed by atoms with Gasteiger partial charge in [0.05, 0.1) is 5.69 Å². The van der Waals surface area contributed by atoms with Crippen molar-refractivity contribution in [2.24, 2.45) is 0 Å². The Bertz CT molecular complexity index is 549. The Morgan fingerprint density at radius 3 is 2.62 bits per heavy atom. The smallest absolute Gasteiger partial charge is 0.205 e. The van der Waals surface area contributed by atoms with Gasteiger partial charge in [0.1, 0.15) is 0 Å². The average molecular weight is 230 g/mol. The van der Waals surface area contributed by atoms with Crippen LogP contribution in [-0.2, 0) is 0 Å². The van der Waals surface area contributed by atoms with Crippen LogP contribution in [0.2, 0.25) is 0 Å². The first-order chi connectivity index (χ1) is 7.86. The fraction of sp³-hybridized carbons (Fsp3) is 0. The molecule has 0 atom stereocenters. The SMILES string of the molecule is S=C1NNNN1c1cccc2ccccc12. The van der Waals surface area contributed by atoms with Crippen molar-refractivity contribution in [3.63, 3.8) is 0 Å². The molecule has 1 aliphatic rings. The maximum Gasteiger partial charge on any atom is 0.205 e. The molecule has 1 fully saturated rings. The van der Waals surface area contributed by atoms with Crippen molar-refractivity contribution in [2.75, 3.05) is 5.01 Å². The van der Waals surface area contributed by atoms with Crippen LogP contribution in [-0.4, -0.2) is 5.11 Å². The number of rotatable bonds is 1. The van der Waals surface area contributed by atoms with Crippen LogP contribution in [0.1, 0.15) is 0 Å². The molecule has 0 amide bonds. The molecule has 0 bridgehead atoms. The Morgan fingerprint density at radius 1 is 1.00 bits per heavy atom. The first kappa shape index (κ1) is 9.53. The summed E-state index contributed by atoms with van der Waals surface area (Å²) >= 11 is 5.18. The topological polar surface area (TPSA) is 39.3 Å². The average Bonchev–Trinajstić information content (AvgIpc) is 2.75.